The van der Waals surface area contributed by atoms with Crippen LogP contribution in [0.3, 0.4) is 0 Å². The van der Waals surface area contributed by atoms with Gasteiger partial charge in [-0.2, -0.15) is 0 Å². The quantitative estimate of drug-likeness (QED) is 0.895. The Morgan fingerprint density at radius 1 is 1.52 bits per heavy atom. The van der Waals surface area contributed by atoms with Crippen LogP contribution >= 0.6 is 11.6 Å². The van der Waals surface area contributed by atoms with Crippen molar-refractivity contribution in [1.29, 1.82) is 0 Å². The highest BCUT2D eigenvalue weighted by molar-refractivity contribution is 6.33. The second-order valence-electron chi connectivity index (χ2n) is 5.34. The molecule has 116 valence electrons. The van der Waals surface area contributed by atoms with Gasteiger partial charge in [0, 0.05) is 12.6 Å². The Balaban J connectivity index is 1.89. The summed E-state index contributed by atoms with van der Waals surface area (Å²) in [6, 6.07) is 2.82. The van der Waals surface area contributed by atoms with Crippen LogP contribution in [0.1, 0.15) is 25.3 Å². The molecule has 1 aromatic rings. The summed E-state index contributed by atoms with van der Waals surface area (Å²) in [5, 5.41) is 5.72. The number of urea groups is 1. The van der Waals surface area contributed by atoms with Crippen molar-refractivity contribution in [3.05, 3.63) is 28.5 Å². The third kappa shape index (κ3) is 4.08. The summed E-state index contributed by atoms with van der Waals surface area (Å²) in [5.41, 5.74) is 0.870. The fraction of sp³-hybridized carbons (Fsp3) is 0.533. The van der Waals surface area contributed by atoms with Crippen molar-refractivity contribution in [2.75, 3.05) is 25.0 Å². The summed E-state index contributed by atoms with van der Waals surface area (Å²) < 4.78 is 13.3. The highest BCUT2D eigenvalue weighted by Crippen LogP contribution is 2.25. The molecule has 1 saturated heterocycles. The molecule has 0 spiro atoms. The molecule has 1 atom stereocenters. The van der Waals surface area contributed by atoms with Crippen molar-refractivity contribution < 1.29 is 9.18 Å². The van der Waals surface area contributed by atoms with E-state index in [-0.39, 0.29) is 16.9 Å². The number of carbonyl (C=O) groups excluding carboxylic acids is 1. The van der Waals surface area contributed by atoms with E-state index in [0.29, 0.717) is 23.8 Å². The predicted octanol–water partition coefficient (Wildman–Crippen LogP) is 3.39. The van der Waals surface area contributed by atoms with Crippen LogP contribution in [0.4, 0.5) is 14.9 Å². The van der Waals surface area contributed by atoms with Crippen molar-refractivity contribution in [3.63, 3.8) is 0 Å². The molecular formula is C15H21ClFN3O. The minimum Gasteiger partial charge on any atom is -0.336 e. The maximum absolute atomic E-state index is 13.3. The molecule has 2 N–H and O–H groups in total. The lowest BCUT2D eigenvalue weighted by Crippen LogP contribution is -2.41. The van der Waals surface area contributed by atoms with Crippen molar-refractivity contribution in [2.45, 2.75) is 32.7 Å². The molecule has 1 aliphatic rings. The van der Waals surface area contributed by atoms with Gasteiger partial charge < -0.3 is 10.6 Å². The number of nitrogens with zero attached hydrogens (tertiary/aromatic N) is 1. The zero-order chi connectivity index (χ0) is 15.4. The lowest BCUT2D eigenvalue weighted by molar-refractivity contribution is 0.238. The number of hydrogen-bond acceptors (Lipinski definition) is 2. The van der Waals surface area contributed by atoms with Crippen LogP contribution < -0.4 is 10.6 Å². The van der Waals surface area contributed by atoms with E-state index in [1.165, 1.54) is 18.6 Å². The van der Waals surface area contributed by atoms with Crippen LogP contribution in [-0.4, -0.2) is 36.6 Å². The third-order valence-corrected chi connectivity index (χ3v) is 4.21. The molecule has 6 heteroatoms. The number of likely N-dealkylation sites (N-methyl/N-ethyl adjacent to an activating group) is 1. The second-order valence-corrected chi connectivity index (χ2v) is 5.75. The minimum absolute atomic E-state index is 0.198. The Kier molecular flexibility index (Phi) is 5.42. The maximum Gasteiger partial charge on any atom is 0.319 e. The normalized spacial score (nSPS) is 18.8. The predicted molar refractivity (Wildman–Crippen MR) is 83.4 cm³/mol. The molecule has 0 saturated carbocycles. The Labute approximate surface area is 129 Å². The Morgan fingerprint density at radius 3 is 3.00 bits per heavy atom. The van der Waals surface area contributed by atoms with Gasteiger partial charge in [-0.25, -0.2) is 9.18 Å². The number of carbonyl (C=O) groups is 1. The summed E-state index contributed by atoms with van der Waals surface area (Å²) in [6.07, 6.45) is 2.27. The molecule has 0 aromatic heterocycles. The second kappa shape index (κ2) is 7.09. The van der Waals surface area contributed by atoms with Gasteiger partial charge in [0.2, 0.25) is 0 Å². The molecule has 0 bridgehead atoms. The Hall–Kier alpha value is -1.33. The molecule has 1 unspecified atom stereocenters. The first-order valence-electron chi connectivity index (χ1n) is 7.25. The highest BCUT2D eigenvalue weighted by Gasteiger charge is 2.23. The van der Waals surface area contributed by atoms with Gasteiger partial charge in [-0.3, -0.25) is 4.90 Å². The average Bonchev–Trinajstić information content (AvgIpc) is 2.90. The first kappa shape index (κ1) is 16.0. The van der Waals surface area contributed by atoms with Gasteiger partial charge in [0.25, 0.3) is 0 Å². The zero-order valence-electron chi connectivity index (χ0n) is 12.4. The minimum atomic E-state index is -0.379. The van der Waals surface area contributed by atoms with E-state index in [4.69, 9.17) is 11.6 Å². The Bertz CT molecular complexity index is 524. The number of benzene rings is 1. The third-order valence-electron chi connectivity index (χ3n) is 3.90. The molecule has 1 aromatic carbocycles. The molecule has 2 amide bonds. The SMILES string of the molecule is CCN1CCCC1CNC(=O)Nc1cc(C)c(F)cc1Cl. The number of likely N-dealkylation sites (tertiary alicyclic amines) is 1. The molecule has 4 nitrogen and oxygen atoms in total. The Morgan fingerprint density at radius 2 is 2.29 bits per heavy atom. The molecule has 2 rings (SSSR count). The lowest BCUT2D eigenvalue weighted by Gasteiger charge is -2.23. The van der Waals surface area contributed by atoms with Gasteiger partial charge >= 0.3 is 6.03 Å². The average molecular weight is 314 g/mol. The molecule has 1 heterocycles. The van der Waals surface area contributed by atoms with Gasteiger partial charge in [-0.1, -0.05) is 18.5 Å². The topological polar surface area (TPSA) is 44.4 Å². The van der Waals surface area contributed by atoms with E-state index in [0.717, 1.165) is 19.5 Å². The summed E-state index contributed by atoms with van der Waals surface area (Å²) in [5.74, 6) is -0.379. The largest absolute Gasteiger partial charge is 0.336 e. The molecular weight excluding hydrogens is 293 g/mol. The van der Waals surface area contributed by atoms with E-state index in [1.807, 2.05) is 0 Å². The van der Waals surface area contributed by atoms with Crippen molar-refractivity contribution in [3.8, 4) is 0 Å². The van der Waals surface area contributed by atoms with E-state index in [9.17, 15) is 9.18 Å². The van der Waals surface area contributed by atoms with Crippen molar-refractivity contribution >= 4 is 23.3 Å². The van der Waals surface area contributed by atoms with Crippen molar-refractivity contribution in [2.24, 2.45) is 0 Å². The number of amides is 2. The molecule has 0 aliphatic carbocycles. The molecule has 21 heavy (non-hydrogen) atoms. The van der Waals surface area contributed by atoms with Crippen LogP contribution in [0.25, 0.3) is 0 Å². The number of rotatable bonds is 4. The molecule has 1 fully saturated rings. The van der Waals surface area contributed by atoms with Gasteiger partial charge in [0.05, 0.1) is 10.7 Å². The monoisotopic (exact) mass is 313 g/mol. The maximum atomic E-state index is 13.3. The van der Waals surface area contributed by atoms with E-state index in [1.54, 1.807) is 6.92 Å². The van der Waals surface area contributed by atoms with Crippen LogP contribution in [0.2, 0.25) is 5.02 Å². The number of aryl methyl sites for hydroxylation is 1. The first-order valence-corrected chi connectivity index (χ1v) is 7.63. The number of anilines is 1. The summed E-state index contributed by atoms with van der Waals surface area (Å²) >= 11 is 5.93. The zero-order valence-corrected chi connectivity index (χ0v) is 13.1. The van der Waals surface area contributed by atoms with Gasteiger partial charge in [-0.15, -0.1) is 0 Å². The van der Waals surface area contributed by atoms with E-state index < -0.39 is 0 Å². The van der Waals surface area contributed by atoms with Gasteiger partial charge in [0.15, 0.2) is 0 Å². The van der Waals surface area contributed by atoms with Crippen molar-refractivity contribution in [1.82, 2.24) is 10.2 Å². The number of nitrogens with one attached hydrogen (secondary N) is 2. The first-order chi connectivity index (χ1) is 10.0. The fourth-order valence-corrected chi connectivity index (χ4v) is 2.87. The lowest BCUT2D eigenvalue weighted by atomic mass is 10.2. The van der Waals surface area contributed by atoms with Crippen LogP contribution in [0.5, 0.6) is 0 Å². The standard InChI is InChI=1S/C15H21ClFN3O/c1-3-20-6-4-5-11(20)9-18-15(21)19-14-7-10(2)13(17)8-12(14)16/h7-8,11H,3-6,9H2,1-2H3,(H2,18,19,21). The van der Waals surface area contributed by atoms with E-state index >= 15 is 0 Å². The van der Waals surface area contributed by atoms with Crippen LogP contribution in [0, 0.1) is 12.7 Å². The van der Waals surface area contributed by atoms with Crippen LogP contribution in [0.15, 0.2) is 12.1 Å². The number of halogens is 2. The number of hydrogen-bond donors (Lipinski definition) is 2. The highest BCUT2D eigenvalue weighted by atomic mass is 35.5. The summed E-state index contributed by atoms with van der Waals surface area (Å²) in [7, 11) is 0. The molecule has 0 radical (unpaired) electrons. The van der Waals surface area contributed by atoms with Gasteiger partial charge in [0.1, 0.15) is 5.82 Å². The van der Waals surface area contributed by atoms with E-state index in [2.05, 4.69) is 22.5 Å². The molecule has 1 aliphatic heterocycles. The summed E-state index contributed by atoms with van der Waals surface area (Å²) in [4.78, 5) is 14.3. The summed E-state index contributed by atoms with van der Waals surface area (Å²) in [6.45, 7) is 6.45. The smallest absolute Gasteiger partial charge is 0.319 e. The van der Waals surface area contributed by atoms with Crippen LogP contribution in [-0.2, 0) is 0 Å². The van der Waals surface area contributed by atoms with Gasteiger partial charge in [-0.05, 0) is 50.6 Å². The fourth-order valence-electron chi connectivity index (χ4n) is 2.67.